The third-order valence-electron chi connectivity index (χ3n) is 3.52. The van der Waals surface area contributed by atoms with Crippen LogP contribution in [0.25, 0.3) is 0 Å². The number of carboxylic acids is 1. The predicted octanol–water partition coefficient (Wildman–Crippen LogP) is 0.620. The first kappa shape index (κ1) is 14.0. The fourth-order valence-electron chi connectivity index (χ4n) is 2.09. The quantitative estimate of drug-likeness (QED) is 0.612. The Labute approximate surface area is 101 Å². The topological polar surface area (TPSA) is 86.6 Å². The fourth-order valence-corrected chi connectivity index (χ4v) is 2.09. The van der Waals surface area contributed by atoms with Crippen LogP contribution in [0, 0.1) is 17.8 Å². The summed E-state index contributed by atoms with van der Waals surface area (Å²) in [4.78, 5) is 22.1. The summed E-state index contributed by atoms with van der Waals surface area (Å²) < 4.78 is 0. The Bertz CT molecular complexity index is 288. The zero-order chi connectivity index (χ0) is 13.0. The number of aliphatic hydroxyl groups is 1. The molecule has 3 unspecified atom stereocenters. The maximum absolute atomic E-state index is 11.5. The van der Waals surface area contributed by atoms with Crippen LogP contribution < -0.4 is 5.32 Å². The molecule has 0 radical (unpaired) electrons. The Kier molecular flexibility index (Phi) is 4.93. The van der Waals surface area contributed by atoms with E-state index in [-0.39, 0.29) is 18.4 Å². The van der Waals surface area contributed by atoms with Gasteiger partial charge >= 0.3 is 5.97 Å². The van der Waals surface area contributed by atoms with Crippen molar-refractivity contribution in [1.29, 1.82) is 0 Å². The molecule has 0 aromatic carbocycles. The molecule has 1 fully saturated rings. The molecule has 1 rings (SSSR count). The highest BCUT2D eigenvalue weighted by Gasteiger charge is 2.48. The van der Waals surface area contributed by atoms with Gasteiger partial charge in [0.25, 0.3) is 0 Å². The largest absolute Gasteiger partial charge is 0.481 e. The van der Waals surface area contributed by atoms with Crippen molar-refractivity contribution >= 4 is 11.9 Å². The second-order valence-electron chi connectivity index (χ2n) is 4.68. The van der Waals surface area contributed by atoms with Gasteiger partial charge in [-0.25, -0.2) is 0 Å². The molecule has 0 aliphatic heterocycles. The molecule has 5 nitrogen and oxygen atoms in total. The zero-order valence-electron chi connectivity index (χ0n) is 10.3. The van der Waals surface area contributed by atoms with Gasteiger partial charge in [0.1, 0.15) is 0 Å². The van der Waals surface area contributed by atoms with E-state index in [1.807, 2.05) is 13.8 Å². The fraction of sp³-hybridized carbons (Fsp3) is 0.833. The minimum absolute atomic E-state index is 0.185. The van der Waals surface area contributed by atoms with E-state index in [9.17, 15) is 14.7 Å². The van der Waals surface area contributed by atoms with E-state index in [0.29, 0.717) is 6.42 Å². The summed E-state index contributed by atoms with van der Waals surface area (Å²) in [6.07, 6.45) is 1.61. The maximum atomic E-state index is 11.5. The van der Waals surface area contributed by atoms with Gasteiger partial charge in [-0.05, 0) is 12.3 Å². The summed E-state index contributed by atoms with van der Waals surface area (Å²) in [5.74, 6) is -1.90. The maximum Gasteiger partial charge on any atom is 0.307 e. The lowest BCUT2D eigenvalue weighted by Gasteiger charge is -2.20. The molecule has 5 heteroatoms. The molecule has 1 aliphatic rings. The highest BCUT2D eigenvalue weighted by Crippen LogP contribution is 2.38. The number of carbonyl (C=O) groups is 2. The molecule has 0 saturated heterocycles. The first-order valence-corrected chi connectivity index (χ1v) is 6.19. The molecule has 1 aliphatic carbocycles. The Morgan fingerprint density at radius 2 is 1.88 bits per heavy atom. The molecule has 0 bridgehead atoms. The molecule has 17 heavy (non-hydrogen) atoms. The molecule has 1 saturated carbocycles. The van der Waals surface area contributed by atoms with Crippen LogP contribution >= 0.6 is 0 Å². The van der Waals surface area contributed by atoms with Crippen molar-refractivity contribution in [2.45, 2.75) is 39.2 Å². The number of carbonyl (C=O) groups excluding carboxylic acids is 1. The van der Waals surface area contributed by atoms with Crippen LogP contribution in [0.4, 0.5) is 0 Å². The molecular formula is C12H21NO4. The molecule has 0 aromatic rings. The van der Waals surface area contributed by atoms with E-state index >= 15 is 0 Å². The van der Waals surface area contributed by atoms with Crippen molar-refractivity contribution in [3.05, 3.63) is 0 Å². The lowest BCUT2D eigenvalue weighted by atomic mass is 9.96. The Morgan fingerprint density at radius 1 is 1.29 bits per heavy atom. The monoisotopic (exact) mass is 243 g/mol. The van der Waals surface area contributed by atoms with Crippen molar-refractivity contribution in [2.24, 2.45) is 17.8 Å². The van der Waals surface area contributed by atoms with Crippen LogP contribution in [0.15, 0.2) is 0 Å². The molecule has 0 heterocycles. The van der Waals surface area contributed by atoms with Gasteiger partial charge in [0.05, 0.1) is 17.9 Å². The number of rotatable bonds is 7. The number of aliphatic hydroxyl groups excluding tert-OH is 1. The molecule has 3 atom stereocenters. The molecule has 0 aromatic heterocycles. The van der Waals surface area contributed by atoms with Crippen LogP contribution in [0.2, 0.25) is 0 Å². The highest BCUT2D eigenvalue weighted by molar-refractivity contribution is 5.89. The van der Waals surface area contributed by atoms with Crippen LogP contribution in [-0.2, 0) is 9.59 Å². The summed E-state index contributed by atoms with van der Waals surface area (Å²) in [7, 11) is 0. The summed E-state index contributed by atoms with van der Waals surface area (Å²) in [5.41, 5.74) is 0. The van der Waals surface area contributed by atoms with Gasteiger partial charge < -0.3 is 15.5 Å². The van der Waals surface area contributed by atoms with Gasteiger partial charge in [-0.15, -0.1) is 0 Å². The van der Waals surface area contributed by atoms with Gasteiger partial charge in [-0.2, -0.15) is 0 Å². The lowest BCUT2D eigenvalue weighted by Crippen LogP contribution is -2.37. The van der Waals surface area contributed by atoms with E-state index in [0.717, 1.165) is 12.8 Å². The van der Waals surface area contributed by atoms with E-state index in [1.165, 1.54) is 0 Å². The number of carboxylic acid groups (broad SMARTS) is 1. The Balaban J connectivity index is 2.27. The lowest BCUT2D eigenvalue weighted by molar-refractivity contribution is -0.140. The second-order valence-corrected chi connectivity index (χ2v) is 4.68. The van der Waals surface area contributed by atoms with Crippen LogP contribution in [0.3, 0.4) is 0 Å². The first-order chi connectivity index (χ1) is 8.01. The van der Waals surface area contributed by atoms with Gasteiger partial charge in [-0.3, -0.25) is 9.59 Å². The average molecular weight is 243 g/mol. The zero-order valence-corrected chi connectivity index (χ0v) is 10.3. The summed E-state index contributed by atoms with van der Waals surface area (Å²) in [5, 5.41) is 21.1. The molecule has 3 N–H and O–H groups in total. The summed E-state index contributed by atoms with van der Waals surface area (Å²) >= 11 is 0. The summed E-state index contributed by atoms with van der Waals surface area (Å²) in [6, 6.07) is 0. The number of nitrogens with one attached hydrogen (secondary N) is 1. The van der Waals surface area contributed by atoms with Gasteiger partial charge in [0.2, 0.25) is 5.91 Å². The second kappa shape index (κ2) is 6.00. The third kappa shape index (κ3) is 3.70. The molecule has 98 valence electrons. The third-order valence-corrected chi connectivity index (χ3v) is 3.52. The van der Waals surface area contributed by atoms with Crippen molar-refractivity contribution in [3.8, 4) is 0 Å². The number of hydrogen-bond donors (Lipinski definition) is 3. The van der Waals surface area contributed by atoms with Crippen LogP contribution in [-0.4, -0.2) is 34.7 Å². The van der Waals surface area contributed by atoms with E-state index in [1.54, 1.807) is 0 Å². The van der Waals surface area contributed by atoms with Crippen molar-refractivity contribution < 1.29 is 19.8 Å². The number of aliphatic carboxylic acids is 1. The highest BCUT2D eigenvalue weighted by atomic mass is 16.4. The molecular weight excluding hydrogens is 222 g/mol. The van der Waals surface area contributed by atoms with Crippen molar-refractivity contribution in [1.82, 2.24) is 5.32 Å². The van der Waals surface area contributed by atoms with Crippen LogP contribution in [0.5, 0.6) is 0 Å². The predicted molar refractivity (Wildman–Crippen MR) is 62.3 cm³/mol. The van der Waals surface area contributed by atoms with E-state index in [2.05, 4.69) is 5.32 Å². The smallest absolute Gasteiger partial charge is 0.307 e. The minimum Gasteiger partial charge on any atom is -0.481 e. The SMILES string of the molecule is CCC(CC)C(O)CNC(=O)C1CC1C(=O)O. The van der Waals surface area contributed by atoms with Gasteiger partial charge in [0, 0.05) is 6.54 Å². The van der Waals surface area contributed by atoms with Gasteiger partial charge in [0.15, 0.2) is 0 Å². The molecule has 1 amide bonds. The average Bonchev–Trinajstić information content (AvgIpc) is 3.07. The van der Waals surface area contributed by atoms with Crippen molar-refractivity contribution in [2.75, 3.05) is 6.54 Å². The normalized spacial score (nSPS) is 24.5. The first-order valence-electron chi connectivity index (χ1n) is 6.19. The van der Waals surface area contributed by atoms with Gasteiger partial charge in [-0.1, -0.05) is 26.7 Å². The Morgan fingerprint density at radius 3 is 2.29 bits per heavy atom. The number of amides is 1. The Hall–Kier alpha value is -1.10. The van der Waals surface area contributed by atoms with E-state index in [4.69, 9.17) is 5.11 Å². The molecule has 0 spiro atoms. The van der Waals surface area contributed by atoms with Crippen LogP contribution in [0.1, 0.15) is 33.1 Å². The summed E-state index contributed by atoms with van der Waals surface area (Å²) in [6.45, 7) is 4.22. The standard InChI is InChI=1S/C12H21NO4/c1-3-7(4-2)10(14)6-13-11(15)8-5-9(8)12(16)17/h7-10,14H,3-6H2,1-2H3,(H,13,15)(H,16,17). The van der Waals surface area contributed by atoms with Crippen molar-refractivity contribution in [3.63, 3.8) is 0 Å². The van der Waals surface area contributed by atoms with E-state index < -0.39 is 23.9 Å². The number of hydrogen-bond acceptors (Lipinski definition) is 3. The minimum atomic E-state index is -0.911.